The number of benzene rings is 1. The zero-order chi connectivity index (χ0) is 16.7. The molecule has 24 heavy (non-hydrogen) atoms. The highest BCUT2D eigenvalue weighted by Gasteiger charge is 2.18. The van der Waals surface area contributed by atoms with Crippen molar-refractivity contribution >= 4 is 22.9 Å². The Morgan fingerprint density at radius 1 is 1.21 bits per heavy atom. The zero-order valence-corrected chi connectivity index (χ0v) is 13.6. The lowest BCUT2D eigenvalue weighted by Gasteiger charge is -2.31. The first-order chi connectivity index (χ1) is 11.6. The van der Waals surface area contributed by atoms with Crippen LogP contribution in [0, 0.1) is 5.82 Å². The monoisotopic (exact) mass is 343 g/mol. The van der Waals surface area contributed by atoms with Crippen LogP contribution in [0.4, 0.5) is 10.1 Å². The molecule has 0 unspecified atom stereocenters. The minimum atomic E-state index is -0.213. The van der Waals surface area contributed by atoms with Gasteiger partial charge in [-0.05, 0) is 48.7 Å². The summed E-state index contributed by atoms with van der Waals surface area (Å²) in [4.78, 5) is 19.0. The summed E-state index contributed by atoms with van der Waals surface area (Å²) >= 11 is 5.93. The van der Waals surface area contributed by atoms with E-state index in [-0.39, 0.29) is 11.4 Å². The molecule has 0 atom stereocenters. The first-order valence-corrected chi connectivity index (χ1v) is 8.19. The summed E-state index contributed by atoms with van der Waals surface area (Å²) in [6.45, 7) is 1.38. The molecule has 1 aromatic carbocycles. The smallest absolute Gasteiger partial charge is 0.258 e. The van der Waals surface area contributed by atoms with Crippen LogP contribution in [0.5, 0.6) is 0 Å². The fraction of sp³-hybridized carbons (Fsp3) is 0.222. The maximum absolute atomic E-state index is 13.4. The maximum atomic E-state index is 13.4. The van der Waals surface area contributed by atoms with Gasteiger partial charge in [-0.3, -0.25) is 9.20 Å². The van der Waals surface area contributed by atoms with Crippen LogP contribution in [0.15, 0.2) is 47.4 Å². The second kappa shape index (κ2) is 5.91. The van der Waals surface area contributed by atoms with E-state index < -0.39 is 0 Å². The van der Waals surface area contributed by atoms with Gasteiger partial charge in [-0.1, -0.05) is 11.6 Å². The average Bonchev–Trinajstić information content (AvgIpc) is 2.55. The number of hydrogen-bond acceptors (Lipinski definition) is 3. The molecule has 0 saturated carbocycles. The molecule has 1 aliphatic rings. The van der Waals surface area contributed by atoms with E-state index >= 15 is 0 Å². The molecule has 0 N–H and O–H groups in total. The molecule has 2 aromatic heterocycles. The van der Waals surface area contributed by atoms with Crippen molar-refractivity contribution in [3.63, 3.8) is 0 Å². The van der Waals surface area contributed by atoms with Crippen molar-refractivity contribution in [2.75, 3.05) is 11.4 Å². The van der Waals surface area contributed by atoms with Crippen molar-refractivity contribution < 1.29 is 4.39 Å². The lowest BCUT2D eigenvalue weighted by molar-refractivity contribution is 0.617. The molecule has 0 radical (unpaired) electrons. The van der Waals surface area contributed by atoms with E-state index in [1.165, 1.54) is 16.5 Å². The van der Waals surface area contributed by atoms with E-state index in [4.69, 9.17) is 11.6 Å². The maximum Gasteiger partial charge on any atom is 0.258 e. The van der Waals surface area contributed by atoms with Crippen molar-refractivity contribution in [1.82, 2.24) is 9.38 Å². The molecular formula is C18H15ClFN3O. The summed E-state index contributed by atoms with van der Waals surface area (Å²) in [5.41, 5.74) is 3.12. The van der Waals surface area contributed by atoms with Gasteiger partial charge in [-0.2, -0.15) is 0 Å². The first-order valence-electron chi connectivity index (χ1n) is 7.81. The van der Waals surface area contributed by atoms with E-state index in [1.807, 2.05) is 0 Å². The quantitative estimate of drug-likeness (QED) is 0.715. The Morgan fingerprint density at radius 2 is 2.08 bits per heavy atom. The predicted molar refractivity (Wildman–Crippen MR) is 92.2 cm³/mol. The Hall–Kier alpha value is -2.40. The Balaban J connectivity index is 1.71. The van der Waals surface area contributed by atoms with Crippen molar-refractivity contribution in [2.45, 2.75) is 19.4 Å². The van der Waals surface area contributed by atoms with Crippen LogP contribution in [0.2, 0.25) is 5.02 Å². The van der Waals surface area contributed by atoms with Crippen molar-refractivity contribution in [1.29, 1.82) is 0 Å². The summed E-state index contributed by atoms with van der Waals surface area (Å²) in [5.74, 6) is -0.213. The minimum Gasteiger partial charge on any atom is -0.365 e. The third-order valence-electron chi connectivity index (χ3n) is 4.29. The molecule has 6 heteroatoms. The molecule has 0 aliphatic carbocycles. The minimum absolute atomic E-state index is 0.158. The van der Waals surface area contributed by atoms with Gasteiger partial charge in [0.15, 0.2) is 0 Å². The molecular weight excluding hydrogens is 329 g/mol. The molecule has 4 rings (SSSR count). The van der Waals surface area contributed by atoms with E-state index in [0.29, 0.717) is 22.9 Å². The number of nitrogens with zero attached hydrogens (tertiary/aromatic N) is 3. The van der Waals surface area contributed by atoms with Crippen molar-refractivity contribution in [3.05, 3.63) is 75.0 Å². The second-order valence-electron chi connectivity index (χ2n) is 5.96. The Kier molecular flexibility index (Phi) is 3.73. The van der Waals surface area contributed by atoms with E-state index in [9.17, 15) is 9.18 Å². The summed E-state index contributed by atoms with van der Waals surface area (Å²) in [5, 5.41) is 0.492. The number of pyridine rings is 1. The van der Waals surface area contributed by atoms with Crippen LogP contribution in [0.1, 0.15) is 17.7 Å². The summed E-state index contributed by atoms with van der Waals surface area (Å²) < 4.78 is 14.9. The highest BCUT2D eigenvalue weighted by atomic mass is 35.5. The van der Waals surface area contributed by atoms with E-state index in [2.05, 4.69) is 9.88 Å². The van der Waals surface area contributed by atoms with Gasteiger partial charge < -0.3 is 4.90 Å². The summed E-state index contributed by atoms with van der Waals surface area (Å²) in [7, 11) is 0. The third kappa shape index (κ3) is 2.76. The number of halogens is 2. The van der Waals surface area contributed by atoms with Crippen LogP contribution in [-0.4, -0.2) is 15.9 Å². The van der Waals surface area contributed by atoms with Gasteiger partial charge in [-0.25, -0.2) is 9.37 Å². The number of aryl methyl sites for hydroxylation is 1. The average molecular weight is 344 g/mol. The Bertz CT molecular complexity index is 986. The molecule has 1 aliphatic heterocycles. The third-order valence-corrected chi connectivity index (χ3v) is 4.51. The number of fused-ring (bicyclic) bond motifs is 2. The van der Waals surface area contributed by atoms with Crippen molar-refractivity contribution in [2.24, 2.45) is 0 Å². The Labute approximate surface area is 143 Å². The Morgan fingerprint density at radius 3 is 2.96 bits per heavy atom. The van der Waals surface area contributed by atoms with Crippen LogP contribution in [-0.2, 0) is 13.0 Å². The van der Waals surface area contributed by atoms with Gasteiger partial charge in [0.2, 0.25) is 0 Å². The van der Waals surface area contributed by atoms with E-state index in [1.54, 1.807) is 30.5 Å². The van der Waals surface area contributed by atoms with Gasteiger partial charge in [0.25, 0.3) is 5.56 Å². The SMILES string of the molecule is O=c1cc(CN2CCCc3cc(F)ccc32)nc2ccc(Cl)cn12. The number of hydrogen-bond donors (Lipinski definition) is 0. The van der Waals surface area contributed by atoms with Gasteiger partial charge in [0.05, 0.1) is 17.3 Å². The van der Waals surface area contributed by atoms with Crippen LogP contribution in [0.25, 0.3) is 5.65 Å². The van der Waals surface area contributed by atoms with Crippen LogP contribution < -0.4 is 10.5 Å². The first kappa shape index (κ1) is 15.1. The lowest BCUT2D eigenvalue weighted by atomic mass is 10.0. The van der Waals surface area contributed by atoms with Gasteiger partial charge in [-0.15, -0.1) is 0 Å². The number of aromatic nitrogens is 2. The lowest BCUT2D eigenvalue weighted by Crippen LogP contribution is -2.30. The molecule has 3 heterocycles. The van der Waals surface area contributed by atoms with Gasteiger partial charge >= 0.3 is 0 Å². The molecule has 122 valence electrons. The largest absolute Gasteiger partial charge is 0.365 e. The zero-order valence-electron chi connectivity index (χ0n) is 12.9. The molecule has 0 saturated heterocycles. The topological polar surface area (TPSA) is 37.6 Å². The van der Waals surface area contributed by atoms with Crippen molar-refractivity contribution in [3.8, 4) is 0 Å². The molecule has 0 bridgehead atoms. The summed E-state index contributed by atoms with van der Waals surface area (Å²) in [6.07, 6.45) is 3.39. The highest BCUT2D eigenvalue weighted by Crippen LogP contribution is 2.28. The fourth-order valence-corrected chi connectivity index (χ4v) is 3.37. The fourth-order valence-electron chi connectivity index (χ4n) is 3.21. The van der Waals surface area contributed by atoms with Gasteiger partial charge in [0.1, 0.15) is 11.5 Å². The van der Waals surface area contributed by atoms with Crippen LogP contribution in [0.3, 0.4) is 0 Å². The normalized spacial score (nSPS) is 14.0. The predicted octanol–water partition coefficient (Wildman–Crippen LogP) is 3.44. The second-order valence-corrected chi connectivity index (χ2v) is 6.40. The molecule has 0 fully saturated rings. The van der Waals surface area contributed by atoms with Gasteiger partial charge in [0, 0.05) is 24.5 Å². The highest BCUT2D eigenvalue weighted by molar-refractivity contribution is 6.30. The van der Waals surface area contributed by atoms with E-state index in [0.717, 1.165) is 30.6 Å². The summed E-state index contributed by atoms with van der Waals surface area (Å²) in [6, 6.07) is 9.84. The molecule has 0 spiro atoms. The molecule has 3 aromatic rings. The molecule has 4 nitrogen and oxygen atoms in total. The molecule has 0 amide bonds. The standard InChI is InChI=1S/C18H15ClFN3O/c19-13-3-6-17-21-15(9-18(24)23(17)10-13)11-22-7-1-2-12-8-14(20)4-5-16(12)22/h3-6,8-10H,1-2,7,11H2. The number of anilines is 1. The number of rotatable bonds is 2. The van der Waals surface area contributed by atoms with Crippen LogP contribution >= 0.6 is 11.6 Å².